The van der Waals surface area contributed by atoms with Gasteiger partial charge in [0, 0.05) is 16.5 Å². The molecule has 0 aliphatic heterocycles. The number of halogens is 3. The summed E-state index contributed by atoms with van der Waals surface area (Å²) in [5, 5.41) is 0.644. The fraction of sp³-hybridized carbons (Fsp3) is 0.133. The van der Waals surface area contributed by atoms with E-state index >= 15 is 0 Å². The van der Waals surface area contributed by atoms with Gasteiger partial charge in [0.2, 0.25) is 0 Å². The Morgan fingerprint density at radius 3 is 2.26 bits per heavy atom. The molecule has 0 atom stereocenters. The highest BCUT2D eigenvalue weighted by molar-refractivity contribution is 9.24. The monoisotopic (exact) mass is 444 g/mol. The molecule has 0 unspecified atom stereocenters. The Morgan fingerprint density at radius 1 is 1.00 bits per heavy atom. The molecule has 0 amide bonds. The van der Waals surface area contributed by atoms with Gasteiger partial charge in [-0.3, -0.25) is 4.79 Å². The lowest BCUT2D eigenvalue weighted by molar-refractivity contribution is 0.103. The number of alkyl halides is 3. The van der Waals surface area contributed by atoms with Gasteiger partial charge < -0.3 is 0 Å². The summed E-state index contributed by atoms with van der Waals surface area (Å²) in [5.41, 5.74) is 3.53. The van der Waals surface area contributed by atoms with Crippen LogP contribution < -0.4 is 0 Å². The van der Waals surface area contributed by atoms with Crippen LogP contribution in [0, 0.1) is 0 Å². The highest BCUT2D eigenvalue weighted by Gasteiger charge is 2.17. The van der Waals surface area contributed by atoms with Crippen LogP contribution in [0.25, 0.3) is 0 Å². The van der Waals surface area contributed by atoms with E-state index in [-0.39, 0.29) is 9.52 Å². The van der Waals surface area contributed by atoms with Gasteiger partial charge in [-0.1, -0.05) is 96.3 Å². The molecule has 4 heteroatoms. The molecule has 0 aliphatic rings. The molecule has 0 N–H and O–H groups in total. The number of ketones is 1. The number of hydrogen-bond acceptors (Lipinski definition) is 1. The average molecular weight is 447 g/mol. The lowest BCUT2D eigenvalue weighted by Gasteiger charge is -2.13. The van der Waals surface area contributed by atoms with Gasteiger partial charge in [-0.25, -0.2) is 0 Å². The Hall–Kier alpha value is -0.450. The summed E-state index contributed by atoms with van der Waals surface area (Å²) >= 11 is 10.5. The van der Waals surface area contributed by atoms with E-state index in [1.54, 1.807) is 0 Å². The largest absolute Gasteiger partial charge is 0.289 e. The third-order valence-electron chi connectivity index (χ3n) is 2.86. The van der Waals surface area contributed by atoms with Crippen LogP contribution in [-0.2, 0) is 5.33 Å². The fourth-order valence-corrected chi connectivity index (χ4v) is 3.40. The van der Waals surface area contributed by atoms with Crippen LogP contribution in [-0.4, -0.2) is 5.78 Å². The molecule has 2 aromatic rings. The zero-order chi connectivity index (χ0) is 13.8. The number of benzene rings is 2. The minimum absolute atomic E-state index is 0.0380. The van der Waals surface area contributed by atoms with E-state index in [1.165, 1.54) is 0 Å². The van der Waals surface area contributed by atoms with Crippen LogP contribution in [0.4, 0.5) is 0 Å². The Morgan fingerprint density at radius 2 is 1.68 bits per heavy atom. The molecular weight excluding hydrogens is 436 g/mol. The van der Waals surface area contributed by atoms with E-state index in [2.05, 4.69) is 47.8 Å². The molecule has 0 aliphatic carbocycles. The van der Waals surface area contributed by atoms with E-state index in [1.807, 2.05) is 48.5 Å². The lowest BCUT2D eigenvalue weighted by atomic mass is 9.96. The third-order valence-corrected chi connectivity index (χ3v) is 4.41. The van der Waals surface area contributed by atoms with Crippen molar-refractivity contribution in [3.05, 3.63) is 70.8 Å². The van der Waals surface area contributed by atoms with Crippen molar-refractivity contribution in [2.45, 2.75) is 9.07 Å². The summed E-state index contributed by atoms with van der Waals surface area (Å²) in [7, 11) is 0. The summed E-state index contributed by atoms with van der Waals surface area (Å²) in [5.74, 6) is 0.0533. The van der Waals surface area contributed by atoms with Crippen molar-refractivity contribution >= 4 is 53.6 Å². The van der Waals surface area contributed by atoms with Crippen LogP contribution in [0.5, 0.6) is 0 Å². The number of carbonyl (C=O) groups excluding carboxylic acids is 1. The van der Waals surface area contributed by atoms with Crippen LogP contribution in [0.1, 0.15) is 30.8 Å². The van der Waals surface area contributed by atoms with Crippen molar-refractivity contribution in [2.24, 2.45) is 0 Å². The second-order valence-electron chi connectivity index (χ2n) is 4.00. The van der Waals surface area contributed by atoms with Gasteiger partial charge in [0.25, 0.3) is 0 Å². The number of carbonyl (C=O) groups is 1. The van der Waals surface area contributed by atoms with E-state index in [9.17, 15) is 4.79 Å². The molecule has 0 aromatic heterocycles. The van der Waals surface area contributed by atoms with Crippen molar-refractivity contribution in [1.29, 1.82) is 0 Å². The molecule has 19 heavy (non-hydrogen) atoms. The normalized spacial score (nSPS) is 10.7. The molecule has 1 nitrogen and oxygen atoms in total. The predicted octanol–water partition coefficient (Wildman–Crippen LogP) is 5.60. The first-order valence-corrected chi connectivity index (χ1v) is 8.66. The molecule has 0 saturated carbocycles. The number of hydrogen-bond donors (Lipinski definition) is 0. The zero-order valence-corrected chi connectivity index (χ0v) is 14.7. The maximum Gasteiger partial charge on any atom is 0.193 e. The standard InChI is InChI=1S/C15H11Br3O/c16-9-13-11(7-4-8-12(13)15(17)18)14(19)10-5-2-1-3-6-10/h1-8,15H,9H2. The van der Waals surface area contributed by atoms with Gasteiger partial charge >= 0.3 is 0 Å². The van der Waals surface area contributed by atoms with E-state index in [0.29, 0.717) is 10.9 Å². The first-order valence-electron chi connectivity index (χ1n) is 5.70. The van der Waals surface area contributed by atoms with Crippen LogP contribution in [0.3, 0.4) is 0 Å². The minimum Gasteiger partial charge on any atom is -0.289 e. The van der Waals surface area contributed by atoms with Gasteiger partial charge in [-0.2, -0.15) is 0 Å². The molecule has 2 aromatic carbocycles. The van der Waals surface area contributed by atoms with E-state index < -0.39 is 0 Å². The van der Waals surface area contributed by atoms with Gasteiger partial charge in [-0.15, -0.1) is 0 Å². The Kier molecular flexibility index (Phi) is 5.37. The summed E-state index contributed by atoms with van der Waals surface area (Å²) in [6, 6.07) is 15.1. The molecular formula is C15H11Br3O. The molecule has 0 spiro atoms. The second kappa shape index (κ2) is 6.82. The summed E-state index contributed by atoms with van der Waals surface area (Å²) in [6.45, 7) is 0. The minimum atomic E-state index is 0.0380. The molecule has 0 saturated heterocycles. The maximum absolute atomic E-state index is 12.5. The fourth-order valence-electron chi connectivity index (χ4n) is 1.92. The zero-order valence-electron chi connectivity index (χ0n) is 9.95. The van der Waals surface area contributed by atoms with Crippen molar-refractivity contribution in [3.63, 3.8) is 0 Å². The smallest absolute Gasteiger partial charge is 0.193 e. The van der Waals surface area contributed by atoms with Crippen LogP contribution >= 0.6 is 47.8 Å². The Bertz CT molecular complexity index is 579. The molecule has 0 radical (unpaired) electrons. The first-order chi connectivity index (χ1) is 9.15. The van der Waals surface area contributed by atoms with Gasteiger partial charge in [-0.05, 0) is 11.1 Å². The van der Waals surface area contributed by atoms with Gasteiger partial charge in [0.1, 0.15) is 0 Å². The second-order valence-corrected chi connectivity index (χ2v) is 7.62. The predicted molar refractivity (Wildman–Crippen MR) is 89.5 cm³/mol. The highest BCUT2D eigenvalue weighted by Crippen LogP contribution is 2.34. The maximum atomic E-state index is 12.5. The van der Waals surface area contributed by atoms with Crippen LogP contribution in [0.2, 0.25) is 0 Å². The number of rotatable bonds is 4. The Labute approximate surface area is 137 Å². The first kappa shape index (κ1) is 14.9. The quantitative estimate of drug-likeness (QED) is 0.441. The van der Waals surface area contributed by atoms with Crippen molar-refractivity contribution < 1.29 is 4.79 Å². The molecule has 0 bridgehead atoms. The van der Waals surface area contributed by atoms with Gasteiger partial charge in [0.15, 0.2) is 5.78 Å². The Balaban J connectivity index is 2.51. The van der Waals surface area contributed by atoms with Crippen LogP contribution in [0.15, 0.2) is 48.5 Å². The van der Waals surface area contributed by atoms with Crippen molar-refractivity contribution in [1.82, 2.24) is 0 Å². The van der Waals surface area contributed by atoms with Crippen molar-refractivity contribution in [2.75, 3.05) is 0 Å². The summed E-state index contributed by atoms with van der Waals surface area (Å²) < 4.78 is 0.0380. The summed E-state index contributed by atoms with van der Waals surface area (Å²) in [4.78, 5) is 12.5. The van der Waals surface area contributed by atoms with E-state index in [4.69, 9.17) is 0 Å². The SMILES string of the molecule is O=C(c1ccccc1)c1cccc(C(Br)Br)c1CBr. The molecule has 0 heterocycles. The third kappa shape index (κ3) is 3.36. The highest BCUT2D eigenvalue weighted by atomic mass is 79.9. The lowest BCUT2D eigenvalue weighted by Crippen LogP contribution is -2.06. The molecule has 0 fully saturated rings. The van der Waals surface area contributed by atoms with E-state index in [0.717, 1.165) is 16.7 Å². The average Bonchev–Trinajstić information content (AvgIpc) is 2.46. The van der Waals surface area contributed by atoms with Gasteiger partial charge in [0.05, 0.1) is 3.74 Å². The molecule has 2 rings (SSSR count). The topological polar surface area (TPSA) is 17.1 Å². The van der Waals surface area contributed by atoms with Crippen molar-refractivity contribution in [3.8, 4) is 0 Å². The summed E-state index contributed by atoms with van der Waals surface area (Å²) in [6.07, 6.45) is 0. The molecule has 98 valence electrons.